The van der Waals surface area contributed by atoms with Gasteiger partial charge in [-0.25, -0.2) is 0 Å². The molecule has 1 heterocycles. The first-order valence-corrected chi connectivity index (χ1v) is 9.47. The SMILES string of the molecule is CN=C(NCCCOCC(C)C)NCC(=O)N1CCc2ccccc2C1. The van der Waals surface area contributed by atoms with Gasteiger partial charge in [0.05, 0.1) is 6.54 Å². The van der Waals surface area contributed by atoms with Crippen LogP contribution in [0.15, 0.2) is 29.3 Å². The number of hydrogen-bond acceptors (Lipinski definition) is 3. The molecule has 1 amide bonds. The van der Waals surface area contributed by atoms with Gasteiger partial charge in [-0.2, -0.15) is 0 Å². The summed E-state index contributed by atoms with van der Waals surface area (Å²) in [5.41, 5.74) is 2.60. The van der Waals surface area contributed by atoms with E-state index < -0.39 is 0 Å². The van der Waals surface area contributed by atoms with Crippen LogP contribution in [0.5, 0.6) is 0 Å². The zero-order valence-corrected chi connectivity index (χ0v) is 16.3. The van der Waals surface area contributed by atoms with Crippen LogP contribution in [0, 0.1) is 5.92 Å². The van der Waals surface area contributed by atoms with Crippen molar-refractivity contribution in [3.8, 4) is 0 Å². The lowest BCUT2D eigenvalue weighted by Crippen LogP contribution is -2.46. The fourth-order valence-electron chi connectivity index (χ4n) is 2.90. The quantitative estimate of drug-likeness (QED) is 0.421. The maximum absolute atomic E-state index is 12.5. The summed E-state index contributed by atoms with van der Waals surface area (Å²) in [6, 6.07) is 8.33. The number of hydrogen-bond donors (Lipinski definition) is 2. The van der Waals surface area contributed by atoms with Crippen molar-refractivity contribution in [2.24, 2.45) is 10.9 Å². The maximum Gasteiger partial charge on any atom is 0.242 e. The van der Waals surface area contributed by atoms with Crippen molar-refractivity contribution < 1.29 is 9.53 Å². The second-order valence-corrected chi connectivity index (χ2v) is 7.01. The minimum Gasteiger partial charge on any atom is -0.381 e. The first-order valence-electron chi connectivity index (χ1n) is 9.47. The van der Waals surface area contributed by atoms with E-state index in [2.05, 4.69) is 47.7 Å². The number of benzene rings is 1. The molecule has 2 N–H and O–H groups in total. The molecular weight excluding hydrogens is 328 g/mol. The second-order valence-electron chi connectivity index (χ2n) is 7.01. The van der Waals surface area contributed by atoms with Crippen LogP contribution in [0.25, 0.3) is 0 Å². The molecule has 0 aromatic heterocycles. The summed E-state index contributed by atoms with van der Waals surface area (Å²) in [4.78, 5) is 18.5. The van der Waals surface area contributed by atoms with Crippen molar-refractivity contribution in [2.75, 3.05) is 39.9 Å². The molecule has 6 heteroatoms. The number of aliphatic imine (C=N–C) groups is 1. The molecule has 0 saturated carbocycles. The van der Waals surface area contributed by atoms with E-state index in [1.165, 1.54) is 11.1 Å². The van der Waals surface area contributed by atoms with Crippen molar-refractivity contribution in [3.63, 3.8) is 0 Å². The van der Waals surface area contributed by atoms with Crippen LogP contribution in [0.3, 0.4) is 0 Å². The minimum atomic E-state index is 0.0997. The third-order valence-electron chi connectivity index (χ3n) is 4.32. The predicted octanol–water partition coefficient (Wildman–Crippen LogP) is 1.80. The van der Waals surface area contributed by atoms with Crippen LogP contribution in [0.4, 0.5) is 0 Å². The molecule has 6 nitrogen and oxygen atoms in total. The summed E-state index contributed by atoms with van der Waals surface area (Å²) in [6.07, 6.45) is 1.83. The summed E-state index contributed by atoms with van der Waals surface area (Å²) in [5.74, 6) is 1.31. The average Bonchev–Trinajstić information content (AvgIpc) is 2.66. The van der Waals surface area contributed by atoms with Gasteiger partial charge in [-0.05, 0) is 29.9 Å². The first kappa shape index (κ1) is 20.2. The molecule has 1 aliphatic rings. The standard InChI is InChI=1S/C20H32N4O2/c1-16(2)15-26-12-6-10-22-20(21-3)23-13-19(25)24-11-9-17-7-4-5-8-18(17)14-24/h4-5,7-8,16H,6,9-15H2,1-3H3,(H2,21,22,23). The lowest BCUT2D eigenvalue weighted by Gasteiger charge is -2.29. The highest BCUT2D eigenvalue weighted by Gasteiger charge is 2.20. The van der Waals surface area contributed by atoms with Crippen LogP contribution in [0.2, 0.25) is 0 Å². The summed E-state index contributed by atoms with van der Waals surface area (Å²) < 4.78 is 5.56. The van der Waals surface area contributed by atoms with Crippen LogP contribution in [-0.4, -0.2) is 56.7 Å². The molecule has 1 aromatic carbocycles. The van der Waals surface area contributed by atoms with Gasteiger partial charge >= 0.3 is 0 Å². The van der Waals surface area contributed by atoms with E-state index >= 15 is 0 Å². The van der Waals surface area contributed by atoms with Crippen LogP contribution < -0.4 is 10.6 Å². The van der Waals surface area contributed by atoms with Gasteiger partial charge in [-0.3, -0.25) is 9.79 Å². The van der Waals surface area contributed by atoms with E-state index in [0.29, 0.717) is 18.4 Å². The Labute approximate surface area is 157 Å². The normalized spacial score (nSPS) is 14.3. The molecule has 0 fully saturated rings. The van der Waals surface area contributed by atoms with Crippen LogP contribution in [0.1, 0.15) is 31.4 Å². The molecule has 0 bridgehead atoms. The summed E-state index contributed by atoms with van der Waals surface area (Å²) >= 11 is 0. The molecule has 0 radical (unpaired) electrons. The first-order chi connectivity index (χ1) is 12.6. The van der Waals surface area contributed by atoms with Gasteiger partial charge in [0.25, 0.3) is 0 Å². The highest BCUT2D eigenvalue weighted by molar-refractivity contribution is 5.86. The van der Waals surface area contributed by atoms with Crippen molar-refractivity contribution in [1.82, 2.24) is 15.5 Å². The third kappa shape index (κ3) is 6.67. The zero-order chi connectivity index (χ0) is 18.8. The molecular formula is C20H32N4O2. The fourth-order valence-corrected chi connectivity index (χ4v) is 2.90. The zero-order valence-electron chi connectivity index (χ0n) is 16.3. The lowest BCUT2D eigenvalue weighted by molar-refractivity contribution is -0.130. The molecule has 0 aliphatic carbocycles. The molecule has 2 rings (SSSR count). The number of nitrogens with one attached hydrogen (secondary N) is 2. The summed E-state index contributed by atoms with van der Waals surface area (Å²) in [5, 5.41) is 6.33. The highest BCUT2D eigenvalue weighted by atomic mass is 16.5. The average molecular weight is 361 g/mol. The van der Waals surface area contributed by atoms with Gasteiger partial charge in [-0.15, -0.1) is 0 Å². The smallest absolute Gasteiger partial charge is 0.242 e. The van der Waals surface area contributed by atoms with Crippen molar-refractivity contribution in [3.05, 3.63) is 35.4 Å². The Morgan fingerprint density at radius 1 is 1.27 bits per heavy atom. The lowest BCUT2D eigenvalue weighted by atomic mass is 10.00. The Morgan fingerprint density at radius 3 is 2.77 bits per heavy atom. The number of nitrogens with zero attached hydrogens (tertiary/aromatic N) is 2. The Balaban J connectivity index is 1.66. The fraction of sp³-hybridized carbons (Fsp3) is 0.600. The number of ether oxygens (including phenoxy) is 1. The van der Waals surface area contributed by atoms with Gasteiger partial charge in [0.2, 0.25) is 5.91 Å². The van der Waals surface area contributed by atoms with E-state index in [4.69, 9.17) is 4.74 Å². The van der Waals surface area contributed by atoms with Gasteiger partial charge in [0.15, 0.2) is 5.96 Å². The predicted molar refractivity (Wildman–Crippen MR) is 105 cm³/mol. The molecule has 1 aromatic rings. The molecule has 0 saturated heterocycles. The molecule has 0 spiro atoms. The molecule has 26 heavy (non-hydrogen) atoms. The Kier molecular flexibility index (Phi) is 8.41. The summed E-state index contributed by atoms with van der Waals surface area (Å²) in [6.45, 7) is 8.29. The van der Waals surface area contributed by atoms with E-state index in [0.717, 1.165) is 39.1 Å². The summed E-state index contributed by atoms with van der Waals surface area (Å²) in [7, 11) is 1.71. The van der Waals surface area contributed by atoms with Gasteiger partial charge in [0, 0.05) is 39.9 Å². The molecule has 0 atom stereocenters. The maximum atomic E-state index is 12.5. The highest BCUT2D eigenvalue weighted by Crippen LogP contribution is 2.18. The Hall–Kier alpha value is -2.08. The van der Waals surface area contributed by atoms with E-state index in [9.17, 15) is 4.79 Å². The Bertz CT molecular complexity index is 601. The molecule has 1 aliphatic heterocycles. The van der Waals surface area contributed by atoms with E-state index in [-0.39, 0.29) is 12.5 Å². The van der Waals surface area contributed by atoms with E-state index in [1.54, 1.807) is 7.05 Å². The van der Waals surface area contributed by atoms with Gasteiger partial charge < -0.3 is 20.3 Å². The van der Waals surface area contributed by atoms with Crippen LogP contribution >= 0.6 is 0 Å². The molecule has 0 unspecified atom stereocenters. The number of guanidine groups is 1. The molecule has 144 valence electrons. The second kappa shape index (κ2) is 10.8. The van der Waals surface area contributed by atoms with Crippen LogP contribution in [-0.2, 0) is 22.5 Å². The number of carbonyl (C=O) groups is 1. The number of carbonyl (C=O) groups excluding carboxylic acids is 1. The van der Waals surface area contributed by atoms with E-state index in [1.807, 2.05) is 11.0 Å². The topological polar surface area (TPSA) is 66.0 Å². The van der Waals surface area contributed by atoms with Crippen molar-refractivity contribution in [1.29, 1.82) is 0 Å². The number of amides is 1. The van der Waals surface area contributed by atoms with Crippen molar-refractivity contribution >= 4 is 11.9 Å². The third-order valence-corrected chi connectivity index (χ3v) is 4.32. The number of fused-ring (bicyclic) bond motifs is 1. The minimum absolute atomic E-state index is 0.0997. The van der Waals surface area contributed by atoms with Gasteiger partial charge in [-0.1, -0.05) is 38.1 Å². The number of rotatable bonds is 8. The Morgan fingerprint density at radius 2 is 2.04 bits per heavy atom. The van der Waals surface area contributed by atoms with Gasteiger partial charge in [0.1, 0.15) is 0 Å². The largest absolute Gasteiger partial charge is 0.381 e. The monoisotopic (exact) mass is 360 g/mol. The van der Waals surface area contributed by atoms with Crippen molar-refractivity contribution in [2.45, 2.75) is 33.2 Å².